The molecule has 0 fully saturated rings. The van der Waals surface area contributed by atoms with Gasteiger partial charge in [-0.2, -0.15) is 0 Å². The fourth-order valence-electron chi connectivity index (χ4n) is 1.99. The summed E-state index contributed by atoms with van der Waals surface area (Å²) in [5, 5.41) is 8.38. The first-order valence-electron chi connectivity index (χ1n) is 5.93. The van der Waals surface area contributed by atoms with Crippen LogP contribution >= 0.6 is 0 Å². The van der Waals surface area contributed by atoms with Crippen LogP contribution in [0.15, 0.2) is 0 Å². The van der Waals surface area contributed by atoms with E-state index in [1.807, 2.05) is 13.8 Å². The highest BCUT2D eigenvalue weighted by Gasteiger charge is 2.21. The Bertz CT molecular complexity index is 348. The van der Waals surface area contributed by atoms with Gasteiger partial charge in [-0.1, -0.05) is 0 Å². The van der Waals surface area contributed by atoms with Gasteiger partial charge in [0.1, 0.15) is 12.4 Å². The Morgan fingerprint density at radius 2 is 2.31 bits per heavy atom. The molecule has 0 aliphatic carbocycles. The normalized spacial score (nSPS) is 20.1. The molecular weight excluding hydrogens is 204 g/mol. The van der Waals surface area contributed by atoms with Crippen LogP contribution < -0.4 is 5.73 Å². The standard InChI is InChI=1S/C11H20N4O/c1-8(2)16-7-11-14-13-10-4-3-9(5-12)6-15(10)11/h8-9H,3-7,12H2,1-2H3. The first-order valence-corrected chi connectivity index (χ1v) is 5.93. The van der Waals surface area contributed by atoms with Crippen LogP contribution in [-0.2, 0) is 24.3 Å². The topological polar surface area (TPSA) is 66.0 Å². The summed E-state index contributed by atoms with van der Waals surface area (Å²) >= 11 is 0. The highest BCUT2D eigenvalue weighted by molar-refractivity contribution is 4.99. The number of nitrogens with two attached hydrogens (primary N) is 1. The number of ether oxygens (including phenoxy) is 1. The predicted octanol–water partition coefficient (Wildman–Crippen LogP) is 0.724. The smallest absolute Gasteiger partial charge is 0.159 e. The van der Waals surface area contributed by atoms with E-state index in [1.165, 1.54) is 0 Å². The number of rotatable bonds is 4. The second-order valence-electron chi connectivity index (χ2n) is 4.64. The predicted molar refractivity (Wildman–Crippen MR) is 60.8 cm³/mol. The Hall–Kier alpha value is -0.940. The Kier molecular flexibility index (Phi) is 3.56. The van der Waals surface area contributed by atoms with Crippen molar-refractivity contribution in [3.8, 4) is 0 Å². The van der Waals surface area contributed by atoms with E-state index in [4.69, 9.17) is 10.5 Å². The molecule has 2 N–H and O–H groups in total. The molecule has 0 radical (unpaired) electrons. The molecule has 1 aromatic heterocycles. The van der Waals surface area contributed by atoms with Gasteiger partial charge in [0.25, 0.3) is 0 Å². The third kappa shape index (κ3) is 2.41. The van der Waals surface area contributed by atoms with E-state index in [0.29, 0.717) is 12.5 Å². The molecular formula is C11H20N4O. The molecule has 2 rings (SSSR count). The van der Waals surface area contributed by atoms with Crippen molar-refractivity contribution in [1.82, 2.24) is 14.8 Å². The number of aromatic nitrogens is 3. The minimum atomic E-state index is 0.224. The van der Waals surface area contributed by atoms with Gasteiger partial charge >= 0.3 is 0 Å². The maximum Gasteiger partial charge on any atom is 0.159 e. The minimum Gasteiger partial charge on any atom is -0.371 e. The van der Waals surface area contributed by atoms with Crippen LogP contribution in [0.5, 0.6) is 0 Å². The number of hydrogen-bond donors (Lipinski definition) is 1. The van der Waals surface area contributed by atoms with Gasteiger partial charge in [-0.05, 0) is 32.7 Å². The van der Waals surface area contributed by atoms with Gasteiger partial charge in [-0.3, -0.25) is 0 Å². The summed E-state index contributed by atoms with van der Waals surface area (Å²) in [6.45, 7) is 6.27. The van der Waals surface area contributed by atoms with Gasteiger partial charge in [0.05, 0.1) is 6.10 Å². The molecule has 0 spiro atoms. The number of hydrogen-bond acceptors (Lipinski definition) is 4. The zero-order valence-electron chi connectivity index (χ0n) is 10.0. The van der Waals surface area contributed by atoms with Crippen LogP contribution in [0.4, 0.5) is 0 Å². The van der Waals surface area contributed by atoms with E-state index >= 15 is 0 Å². The van der Waals surface area contributed by atoms with Gasteiger partial charge < -0.3 is 15.0 Å². The lowest BCUT2D eigenvalue weighted by molar-refractivity contribution is 0.0584. The van der Waals surface area contributed by atoms with Crippen LogP contribution in [0.3, 0.4) is 0 Å². The number of fused-ring (bicyclic) bond motifs is 1. The van der Waals surface area contributed by atoms with Crippen molar-refractivity contribution in [3.05, 3.63) is 11.6 Å². The quantitative estimate of drug-likeness (QED) is 0.818. The molecule has 0 bridgehead atoms. The van der Waals surface area contributed by atoms with Crippen molar-refractivity contribution in [2.75, 3.05) is 6.54 Å². The fourth-order valence-corrected chi connectivity index (χ4v) is 1.99. The summed E-state index contributed by atoms with van der Waals surface area (Å²) in [5.74, 6) is 2.57. The SMILES string of the molecule is CC(C)OCc1nnc2n1CC(CN)CC2. The highest BCUT2D eigenvalue weighted by Crippen LogP contribution is 2.19. The highest BCUT2D eigenvalue weighted by atomic mass is 16.5. The Labute approximate surface area is 96.0 Å². The summed E-state index contributed by atoms with van der Waals surface area (Å²) in [6.07, 6.45) is 2.33. The molecule has 2 heterocycles. The first-order chi connectivity index (χ1) is 7.70. The summed E-state index contributed by atoms with van der Waals surface area (Å²) < 4.78 is 7.74. The molecule has 1 aromatic rings. The van der Waals surface area contributed by atoms with Gasteiger partial charge in [-0.25, -0.2) is 0 Å². The molecule has 1 aliphatic rings. The van der Waals surface area contributed by atoms with Crippen LogP contribution in [0.1, 0.15) is 31.9 Å². The van der Waals surface area contributed by atoms with E-state index in [0.717, 1.165) is 37.6 Å². The van der Waals surface area contributed by atoms with Gasteiger partial charge in [0.2, 0.25) is 0 Å². The van der Waals surface area contributed by atoms with E-state index < -0.39 is 0 Å². The third-order valence-electron chi connectivity index (χ3n) is 3.00. The van der Waals surface area contributed by atoms with Crippen LogP contribution in [0.2, 0.25) is 0 Å². The van der Waals surface area contributed by atoms with Crippen LogP contribution in [0, 0.1) is 5.92 Å². The summed E-state index contributed by atoms with van der Waals surface area (Å²) in [5.41, 5.74) is 5.72. The lowest BCUT2D eigenvalue weighted by Gasteiger charge is -2.23. The number of aryl methyl sites for hydroxylation is 1. The number of nitrogens with zero attached hydrogens (tertiary/aromatic N) is 3. The molecule has 90 valence electrons. The molecule has 0 saturated heterocycles. The summed E-state index contributed by atoms with van der Waals surface area (Å²) in [7, 11) is 0. The first kappa shape index (κ1) is 11.5. The van der Waals surface area contributed by atoms with E-state index in [1.54, 1.807) is 0 Å². The average Bonchev–Trinajstić information content (AvgIpc) is 2.68. The Morgan fingerprint density at radius 3 is 3.00 bits per heavy atom. The van der Waals surface area contributed by atoms with Crippen LogP contribution in [0.25, 0.3) is 0 Å². The maximum absolute atomic E-state index is 5.72. The summed E-state index contributed by atoms with van der Waals surface area (Å²) in [6, 6.07) is 0. The molecule has 5 heteroatoms. The fraction of sp³-hybridized carbons (Fsp3) is 0.818. The van der Waals surface area contributed by atoms with Crippen LogP contribution in [-0.4, -0.2) is 27.4 Å². The monoisotopic (exact) mass is 224 g/mol. The molecule has 1 unspecified atom stereocenters. The van der Waals surface area contributed by atoms with E-state index in [-0.39, 0.29) is 6.10 Å². The van der Waals surface area contributed by atoms with Crippen molar-refractivity contribution >= 4 is 0 Å². The zero-order chi connectivity index (χ0) is 11.5. The average molecular weight is 224 g/mol. The second kappa shape index (κ2) is 4.93. The molecule has 1 aliphatic heterocycles. The minimum absolute atomic E-state index is 0.224. The van der Waals surface area contributed by atoms with Gasteiger partial charge in [-0.15, -0.1) is 10.2 Å². The van der Waals surface area contributed by atoms with E-state index in [9.17, 15) is 0 Å². The molecule has 0 amide bonds. The van der Waals surface area contributed by atoms with Crippen molar-refractivity contribution in [1.29, 1.82) is 0 Å². The van der Waals surface area contributed by atoms with Crippen molar-refractivity contribution < 1.29 is 4.74 Å². The maximum atomic E-state index is 5.72. The zero-order valence-corrected chi connectivity index (χ0v) is 10.0. The van der Waals surface area contributed by atoms with E-state index in [2.05, 4.69) is 14.8 Å². The van der Waals surface area contributed by atoms with Crippen molar-refractivity contribution in [2.45, 2.75) is 45.9 Å². The molecule has 0 aromatic carbocycles. The Balaban J connectivity index is 2.07. The second-order valence-corrected chi connectivity index (χ2v) is 4.64. The third-order valence-corrected chi connectivity index (χ3v) is 3.00. The Morgan fingerprint density at radius 1 is 1.50 bits per heavy atom. The van der Waals surface area contributed by atoms with Crippen molar-refractivity contribution in [2.24, 2.45) is 11.7 Å². The molecule has 16 heavy (non-hydrogen) atoms. The summed E-state index contributed by atoms with van der Waals surface area (Å²) in [4.78, 5) is 0. The van der Waals surface area contributed by atoms with Gasteiger partial charge in [0, 0.05) is 13.0 Å². The van der Waals surface area contributed by atoms with Crippen molar-refractivity contribution in [3.63, 3.8) is 0 Å². The molecule has 0 saturated carbocycles. The molecule has 1 atom stereocenters. The lowest BCUT2D eigenvalue weighted by atomic mass is 10.00. The largest absolute Gasteiger partial charge is 0.371 e. The molecule has 5 nitrogen and oxygen atoms in total. The lowest BCUT2D eigenvalue weighted by Crippen LogP contribution is -2.27. The van der Waals surface area contributed by atoms with Gasteiger partial charge in [0.15, 0.2) is 5.82 Å².